The van der Waals surface area contributed by atoms with Crippen LogP contribution in [0.2, 0.25) is 0 Å². The summed E-state index contributed by atoms with van der Waals surface area (Å²) in [6, 6.07) is 9.42. The summed E-state index contributed by atoms with van der Waals surface area (Å²) < 4.78 is 5.71. The summed E-state index contributed by atoms with van der Waals surface area (Å²) in [5, 5.41) is 12.4. The van der Waals surface area contributed by atoms with Crippen LogP contribution in [0.25, 0.3) is 11.0 Å². The zero-order chi connectivity index (χ0) is 18.2. The number of amides is 2. The van der Waals surface area contributed by atoms with Gasteiger partial charge in [-0.25, -0.2) is 5.06 Å². The molecule has 0 unspecified atom stereocenters. The van der Waals surface area contributed by atoms with Crippen molar-refractivity contribution in [3.8, 4) is 0 Å². The first kappa shape index (κ1) is 18.8. The van der Waals surface area contributed by atoms with Crippen LogP contribution < -0.4 is 10.4 Å². The Morgan fingerprint density at radius 1 is 1.36 bits per heavy atom. The second kappa shape index (κ2) is 9.08. The van der Waals surface area contributed by atoms with E-state index in [0.29, 0.717) is 23.8 Å². The van der Waals surface area contributed by atoms with Crippen molar-refractivity contribution in [3.05, 3.63) is 30.3 Å². The number of rotatable bonds is 10. The number of benzene rings is 1. The van der Waals surface area contributed by atoms with Gasteiger partial charge in [0.15, 0.2) is 0 Å². The third kappa shape index (κ3) is 5.22. The van der Waals surface area contributed by atoms with Crippen LogP contribution >= 0.6 is 0 Å². The summed E-state index contributed by atoms with van der Waals surface area (Å²) in [4.78, 5) is 23.2. The lowest BCUT2D eigenvalue weighted by molar-refractivity contribution is -0.154. The van der Waals surface area contributed by atoms with Gasteiger partial charge >= 0.3 is 0 Å². The highest BCUT2D eigenvalue weighted by molar-refractivity contribution is 5.83. The Balaban J connectivity index is 2.02. The van der Waals surface area contributed by atoms with Crippen molar-refractivity contribution in [1.82, 2.24) is 10.5 Å². The van der Waals surface area contributed by atoms with E-state index < -0.39 is 5.92 Å². The Bertz CT molecular complexity index is 667. The fourth-order valence-electron chi connectivity index (χ4n) is 2.66. The maximum Gasteiger partial charge on any atom is 0.243 e. The number of hydrazine groups is 1. The van der Waals surface area contributed by atoms with E-state index in [-0.39, 0.29) is 12.5 Å². The van der Waals surface area contributed by atoms with Gasteiger partial charge in [-0.2, -0.15) is 0 Å². The molecule has 0 radical (unpaired) electrons. The van der Waals surface area contributed by atoms with Crippen molar-refractivity contribution in [2.24, 2.45) is 5.92 Å². The van der Waals surface area contributed by atoms with Crippen molar-refractivity contribution in [2.45, 2.75) is 32.6 Å². The van der Waals surface area contributed by atoms with Gasteiger partial charge in [0.05, 0.1) is 12.5 Å². The fourth-order valence-corrected chi connectivity index (χ4v) is 2.66. The van der Waals surface area contributed by atoms with E-state index in [1.807, 2.05) is 30.3 Å². The Hall–Kier alpha value is -2.54. The van der Waals surface area contributed by atoms with Gasteiger partial charge in [0.25, 0.3) is 0 Å². The van der Waals surface area contributed by atoms with E-state index in [2.05, 4.69) is 12.3 Å². The second-order valence-electron chi connectivity index (χ2n) is 6.08. The molecular formula is C18H25N3O4. The highest BCUT2D eigenvalue weighted by Crippen LogP contribution is 2.24. The maximum atomic E-state index is 12.5. The van der Waals surface area contributed by atoms with E-state index in [1.165, 1.54) is 5.01 Å². The predicted molar refractivity (Wildman–Crippen MR) is 94.9 cm³/mol. The number of hydrogen-bond donors (Lipinski definition) is 2. The number of furan rings is 1. The van der Waals surface area contributed by atoms with Crippen molar-refractivity contribution in [1.29, 1.82) is 0 Å². The summed E-state index contributed by atoms with van der Waals surface area (Å²) >= 11 is 0. The summed E-state index contributed by atoms with van der Waals surface area (Å²) in [6.45, 7) is 2.04. The monoisotopic (exact) mass is 347 g/mol. The predicted octanol–water partition coefficient (Wildman–Crippen LogP) is 2.94. The van der Waals surface area contributed by atoms with Crippen LogP contribution in [0.1, 0.15) is 32.6 Å². The van der Waals surface area contributed by atoms with Crippen LogP contribution in [-0.2, 0) is 9.59 Å². The molecule has 1 atom stereocenters. The molecule has 136 valence electrons. The molecule has 1 heterocycles. The molecule has 0 saturated carbocycles. The highest BCUT2D eigenvalue weighted by Gasteiger charge is 2.22. The number of nitrogens with zero attached hydrogens (tertiary/aromatic N) is 2. The first-order chi connectivity index (χ1) is 12.0. The average molecular weight is 347 g/mol. The Morgan fingerprint density at radius 2 is 2.12 bits per heavy atom. The number of anilines is 1. The number of para-hydroxylation sites is 1. The van der Waals surface area contributed by atoms with Crippen molar-refractivity contribution < 1.29 is 19.2 Å². The Kier molecular flexibility index (Phi) is 6.82. The van der Waals surface area contributed by atoms with E-state index in [1.54, 1.807) is 7.05 Å². The lowest BCUT2D eigenvalue weighted by Gasteiger charge is -2.23. The summed E-state index contributed by atoms with van der Waals surface area (Å²) in [6.07, 6.45) is 3.79. The van der Waals surface area contributed by atoms with Gasteiger partial charge in [0.1, 0.15) is 5.58 Å². The minimum atomic E-state index is -0.492. The molecule has 0 aliphatic carbocycles. The minimum absolute atomic E-state index is 0.0347. The maximum absolute atomic E-state index is 12.5. The average Bonchev–Trinajstić information content (AvgIpc) is 3.05. The molecule has 0 aliphatic rings. The molecule has 2 amide bonds. The van der Waals surface area contributed by atoms with Gasteiger partial charge in [0, 0.05) is 18.5 Å². The number of nitrogens with one attached hydrogen (secondary N) is 1. The van der Waals surface area contributed by atoms with Gasteiger partial charge in [-0.15, -0.1) is 0 Å². The molecule has 0 bridgehead atoms. The zero-order valence-electron chi connectivity index (χ0n) is 14.6. The molecule has 0 fully saturated rings. The molecule has 7 heteroatoms. The first-order valence-corrected chi connectivity index (χ1v) is 8.48. The Morgan fingerprint density at radius 3 is 2.80 bits per heavy atom. The minimum Gasteiger partial charge on any atom is -0.439 e. The number of unbranched alkanes of at least 4 members (excludes halogenated alkanes) is 2. The molecule has 0 saturated heterocycles. The molecule has 2 aromatic rings. The van der Waals surface area contributed by atoms with Crippen molar-refractivity contribution in [3.63, 3.8) is 0 Å². The standard InChI is InChI=1S/C18H25N3O4/c1-3-4-5-9-15(12-21(24)13-22)18(23)19-20(2)17-11-14-8-6-7-10-16(14)25-17/h6-8,10-11,13,15,24H,3-5,9,12H2,1-2H3,(H,19,23)/t15-/m1/s1. The van der Waals surface area contributed by atoms with Crippen molar-refractivity contribution >= 4 is 29.2 Å². The smallest absolute Gasteiger partial charge is 0.243 e. The Labute approximate surface area is 147 Å². The van der Waals surface area contributed by atoms with Crippen LogP contribution in [0, 0.1) is 5.92 Å². The van der Waals surface area contributed by atoms with Gasteiger partial charge in [-0.1, -0.05) is 44.4 Å². The number of carbonyl (C=O) groups is 2. The summed E-state index contributed by atoms with van der Waals surface area (Å²) in [5.74, 6) is -0.244. The number of hydrogen-bond acceptors (Lipinski definition) is 5. The fraction of sp³-hybridized carbons (Fsp3) is 0.444. The van der Waals surface area contributed by atoms with E-state index in [9.17, 15) is 14.8 Å². The molecule has 0 aliphatic heterocycles. The molecular weight excluding hydrogens is 322 g/mol. The summed E-state index contributed by atoms with van der Waals surface area (Å²) in [7, 11) is 1.69. The molecule has 1 aromatic carbocycles. The molecule has 1 aromatic heterocycles. The van der Waals surface area contributed by atoms with E-state index >= 15 is 0 Å². The van der Waals surface area contributed by atoms with Crippen molar-refractivity contribution in [2.75, 3.05) is 18.6 Å². The van der Waals surface area contributed by atoms with Gasteiger partial charge < -0.3 is 4.42 Å². The first-order valence-electron chi connectivity index (χ1n) is 8.48. The van der Waals surface area contributed by atoms with Crippen LogP contribution in [0.5, 0.6) is 0 Å². The van der Waals surface area contributed by atoms with Crippen LogP contribution in [0.3, 0.4) is 0 Å². The highest BCUT2D eigenvalue weighted by atomic mass is 16.5. The topological polar surface area (TPSA) is 86.0 Å². The number of carbonyl (C=O) groups excluding carboxylic acids is 2. The van der Waals surface area contributed by atoms with Gasteiger partial charge in [0.2, 0.25) is 18.2 Å². The van der Waals surface area contributed by atoms with Gasteiger partial charge in [-0.3, -0.25) is 25.2 Å². The summed E-state index contributed by atoms with van der Waals surface area (Å²) in [5.41, 5.74) is 3.50. The van der Waals surface area contributed by atoms with Gasteiger partial charge in [-0.05, 0) is 12.5 Å². The third-order valence-corrected chi connectivity index (χ3v) is 4.08. The lowest BCUT2D eigenvalue weighted by atomic mass is 10.0. The third-order valence-electron chi connectivity index (χ3n) is 4.08. The molecule has 7 nitrogen and oxygen atoms in total. The lowest BCUT2D eigenvalue weighted by Crippen LogP contribution is -2.45. The normalized spacial score (nSPS) is 12.0. The SMILES string of the molecule is CCCCC[C@H](CN(O)C=O)C(=O)NN(C)c1cc2ccccc2o1. The molecule has 25 heavy (non-hydrogen) atoms. The van der Waals surface area contributed by atoms with E-state index in [0.717, 1.165) is 30.2 Å². The molecule has 2 rings (SSSR count). The molecule has 2 N–H and O–H groups in total. The van der Waals surface area contributed by atoms with Crippen LogP contribution in [0.4, 0.5) is 5.88 Å². The zero-order valence-corrected chi connectivity index (χ0v) is 14.6. The second-order valence-corrected chi connectivity index (χ2v) is 6.08. The quantitative estimate of drug-likeness (QED) is 0.299. The largest absolute Gasteiger partial charge is 0.439 e. The number of fused-ring (bicyclic) bond motifs is 1. The number of hydroxylamine groups is 2. The van der Waals surface area contributed by atoms with Crippen LogP contribution in [-0.4, -0.2) is 36.2 Å². The van der Waals surface area contributed by atoms with E-state index in [4.69, 9.17) is 4.42 Å². The molecule has 0 spiro atoms. The van der Waals surface area contributed by atoms with Crippen LogP contribution in [0.15, 0.2) is 34.7 Å².